The van der Waals surface area contributed by atoms with Crippen molar-refractivity contribution in [1.82, 2.24) is 9.97 Å². The lowest BCUT2D eigenvalue weighted by Gasteiger charge is -2.30. The van der Waals surface area contributed by atoms with Crippen molar-refractivity contribution in [2.24, 2.45) is 0 Å². The number of carbonyl (C=O) groups excluding carboxylic acids is 1. The van der Waals surface area contributed by atoms with Gasteiger partial charge in [-0.2, -0.15) is 0 Å². The van der Waals surface area contributed by atoms with Gasteiger partial charge in [0.1, 0.15) is 0 Å². The Labute approximate surface area is 151 Å². The number of hydrogen-bond acceptors (Lipinski definition) is 5. The fourth-order valence-corrected chi connectivity index (χ4v) is 4.54. The number of thiazole rings is 1. The minimum Gasteiger partial charge on any atom is -0.348 e. The number of benzene rings is 1. The maximum atomic E-state index is 12.6. The third-order valence-electron chi connectivity index (χ3n) is 5.01. The summed E-state index contributed by atoms with van der Waals surface area (Å²) in [5, 5.41) is 1.05. The Morgan fingerprint density at radius 2 is 1.84 bits per heavy atom. The minimum absolute atomic E-state index is 0.0277. The van der Waals surface area contributed by atoms with Gasteiger partial charge in [-0.1, -0.05) is 30.6 Å². The molecule has 25 heavy (non-hydrogen) atoms. The molecule has 0 saturated heterocycles. The van der Waals surface area contributed by atoms with Crippen LogP contribution in [0.5, 0.6) is 0 Å². The van der Waals surface area contributed by atoms with Gasteiger partial charge in [0.05, 0.1) is 10.2 Å². The predicted molar refractivity (Wildman–Crippen MR) is 103 cm³/mol. The molecular formula is C20H21N3OS. The molecule has 0 bridgehead atoms. The molecule has 1 fully saturated rings. The molecule has 1 aliphatic rings. The van der Waals surface area contributed by atoms with Crippen LogP contribution in [0.2, 0.25) is 0 Å². The van der Waals surface area contributed by atoms with Crippen LogP contribution in [0.4, 0.5) is 5.13 Å². The fourth-order valence-electron chi connectivity index (χ4n) is 3.50. The molecular weight excluding hydrogens is 330 g/mol. The highest BCUT2D eigenvalue weighted by Crippen LogP contribution is 2.33. The van der Waals surface area contributed by atoms with Gasteiger partial charge in [0.2, 0.25) is 0 Å². The smallest absolute Gasteiger partial charge is 0.193 e. The van der Waals surface area contributed by atoms with E-state index in [1.54, 1.807) is 35.9 Å². The quantitative estimate of drug-likeness (QED) is 0.640. The molecule has 0 aliphatic heterocycles. The van der Waals surface area contributed by atoms with Gasteiger partial charge in [-0.05, 0) is 43.2 Å². The highest BCUT2D eigenvalue weighted by atomic mass is 32.1. The zero-order valence-corrected chi connectivity index (χ0v) is 15.1. The van der Waals surface area contributed by atoms with Crippen LogP contribution in [-0.2, 0) is 0 Å². The summed E-state index contributed by atoms with van der Waals surface area (Å²) in [6.45, 7) is 0. The van der Waals surface area contributed by atoms with Crippen molar-refractivity contribution in [1.29, 1.82) is 0 Å². The number of carbonyl (C=O) groups is 1. The third-order valence-corrected chi connectivity index (χ3v) is 6.11. The van der Waals surface area contributed by atoms with E-state index in [1.165, 1.54) is 32.1 Å². The van der Waals surface area contributed by atoms with E-state index in [2.05, 4.69) is 16.9 Å². The summed E-state index contributed by atoms with van der Waals surface area (Å²) in [7, 11) is 2.15. The number of nitrogens with zero attached hydrogens (tertiary/aromatic N) is 3. The first-order chi connectivity index (χ1) is 12.2. The number of anilines is 1. The van der Waals surface area contributed by atoms with Crippen LogP contribution >= 0.6 is 11.3 Å². The predicted octanol–water partition coefficient (Wildman–Crippen LogP) is 4.69. The standard InChI is InChI=1S/C20H21N3OS/c1-23(16-5-3-2-4-6-16)20-22-17-8-7-15(13-18(17)25-20)19(24)14-9-11-21-12-10-14/h7-13,16H,2-6H2,1H3. The molecule has 4 rings (SSSR count). The molecule has 2 aromatic heterocycles. The molecule has 0 amide bonds. The number of rotatable bonds is 4. The number of aromatic nitrogens is 2. The van der Waals surface area contributed by atoms with Crippen molar-refractivity contribution in [3.8, 4) is 0 Å². The summed E-state index contributed by atoms with van der Waals surface area (Å²) in [5.41, 5.74) is 2.33. The van der Waals surface area contributed by atoms with Crippen LogP contribution in [0, 0.1) is 0 Å². The van der Waals surface area contributed by atoms with Crippen molar-refractivity contribution in [2.75, 3.05) is 11.9 Å². The Morgan fingerprint density at radius 1 is 1.08 bits per heavy atom. The van der Waals surface area contributed by atoms with E-state index < -0.39 is 0 Å². The van der Waals surface area contributed by atoms with Crippen molar-refractivity contribution in [3.05, 3.63) is 53.9 Å². The lowest BCUT2D eigenvalue weighted by molar-refractivity contribution is 0.103. The number of pyridine rings is 1. The maximum absolute atomic E-state index is 12.6. The molecule has 0 N–H and O–H groups in total. The summed E-state index contributed by atoms with van der Waals surface area (Å²) in [5.74, 6) is 0.0277. The second-order valence-corrected chi connectivity index (χ2v) is 7.66. The van der Waals surface area contributed by atoms with Crippen LogP contribution in [0.3, 0.4) is 0 Å². The van der Waals surface area contributed by atoms with E-state index in [1.807, 2.05) is 18.2 Å². The highest BCUT2D eigenvalue weighted by molar-refractivity contribution is 7.22. The van der Waals surface area contributed by atoms with Gasteiger partial charge in [0, 0.05) is 36.6 Å². The van der Waals surface area contributed by atoms with Crippen LogP contribution < -0.4 is 4.90 Å². The van der Waals surface area contributed by atoms with Gasteiger partial charge >= 0.3 is 0 Å². The SMILES string of the molecule is CN(c1nc2ccc(C(=O)c3ccncc3)cc2s1)C1CCCCC1. The van der Waals surface area contributed by atoms with Gasteiger partial charge in [0.25, 0.3) is 0 Å². The van der Waals surface area contributed by atoms with Gasteiger partial charge in [-0.15, -0.1) is 0 Å². The van der Waals surface area contributed by atoms with Crippen LogP contribution in [-0.4, -0.2) is 28.8 Å². The van der Waals surface area contributed by atoms with Crippen molar-refractivity contribution in [3.63, 3.8) is 0 Å². The minimum atomic E-state index is 0.0277. The lowest BCUT2D eigenvalue weighted by atomic mass is 9.95. The largest absolute Gasteiger partial charge is 0.348 e. The zero-order chi connectivity index (χ0) is 17.2. The van der Waals surface area contributed by atoms with Gasteiger partial charge in [-0.3, -0.25) is 9.78 Å². The van der Waals surface area contributed by atoms with Crippen molar-refractivity contribution < 1.29 is 4.79 Å². The average Bonchev–Trinajstić information content (AvgIpc) is 3.11. The summed E-state index contributed by atoms with van der Waals surface area (Å²) in [4.78, 5) is 23.7. The van der Waals surface area contributed by atoms with Crippen LogP contribution in [0.1, 0.15) is 48.0 Å². The first kappa shape index (κ1) is 16.2. The van der Waals surface area contributed by atoms with Crippen molar-refractivity contribution >= 4 is 32.5 Å². The summed E-state index contributed by atoms with van der Waals surface area (Å²) in [6.07, 6.45) is 9.77. The van der Waals surface area contributed by atoms with Gasteiger partial charge < -0.3 is 4.90 Å². The Bertz CT molecular complexity index is 884. The average molecular weight is 351 g/mol. The Kier molecular flexibility index (Phi) is 4.49. The van der Waals surface area contributed by atoms with Gasteiger partial charge in [0.15, 0.2) is 10.9 Å². The molecule has 1 aromatic carbocycles. The van der Waals surface area contributed by atoms with E-state index in [9.17, 15) is 4.79 Å². The molecule has 1 aliphatic carbocycles. The lowest BCUT2D eigenvalue weighted by Crippen LogP contribution is -2.33. The first-order valence-corrected chi connectivity index (χ1v) is 9.62. The summed E-state index contributed by atoms with van der Waals surface area (Å²) in [6, 6.07) is 9.89. The normalized spacial score (nSPS) is 15.4. The van der Waals surface area contributed by atoms with E-state index in [4.69, 9.17) is 4.98 Å². The highest BCUT2D eigenvalue weighted by Gasteiger charge is 2.21. The number of fused-ring (bicyclic) bond motifs is 1. The Morgan fingerprint density at radius 3 is 2.60 bits per heavy atom. The molecule has 0 radical (unpaired) electrons. The molecule has 3 aromatic rings. The van der Waals surface area contributed by atoms with E-state index in [0.717, 1.165) is 15.3 Å². The second kappa shape index (κ2) is 6.92. The number of hydrogen-bond donors (Lipinski definition) is 0. The molecule has 2 heterocycles. The molecule has 128 valence electrons. The van der Waals surface area contributed by atoms with Crippen LogP contribution in [0.15, 0.2) is 42.7 Å². The van der Waals surface area contributed by atoms with E-state index in [-0.39, 0.29) is 5.78 Å². The molecule has 5 heteroatoms. The Hall–Kier alpha value is -2.27. The van der Waals surface area contributed by atoms with Gasteiger partial charge in [-0.25, -0.2) is 4.98 Å². The van der Waals surface area contributed by atoms with Crippen molar-refractivity contribution in [2.45, 2.75) is 38.1 Å². The summed E-state index contributed by atoms with van der Waals surface area (Å²) >= 11 is 1.68. The molecule has 4 nitrogen and oxygen atoms in total. The third kappa shape index (κ3) is 3.29. The summed E-state index contributed by atoms with van der Waals surface area (Å²) < 4.78 is 1.07. The molecule has 0 atom stereocenters. The fraction of sp³-hybridized carbons (Fsp3) is 0.350. The zero-order valence-electron chi connectivity index (χ0n) is 14.3. The second-order valence-electron chi connectivity index (χ2n) is 6.65. The molecule has 0 unspecified atom stereocenters. The maximum Gasteiger partial charge on any atom is 0.193 e. The Balaban J connectivity index is 1.62. The van der Waals surface area contributed by atoms with E-state index in [0.29, 0.717) is 17.2 Å². The molecule has 0 spiro atoms. The van der Waals surface area contributed by atoms with Crippen LogP contribution in [0.25, 0.3) is 10.2 Å². The first-order valence-electron chi connectivity index (χ1n) is 8.80. The topological polar surface area (TPSA) is 46.1 Å². The number of ketones is 1. The monoisotopic (exact) mass is 351 g/mol. The molecule has 1 saturated carbocycles. The van der Waals surface area contributed by atoms with E-state index >= 15 is 0 Å².